The van der Waals surface area contributed by atoms with E-state index < -0.39 is 51.5 Å². The first-order chi connectivity index (χ1) is 8.19. The van der Waals surface area contributed by atoms with Crippen molar-refractivity contribution in [3.63, 3.8) is 0 Å². The van der Waals surface area contributed by atoms with Crippen molar-refractivity contribution < 1.29 is 39.3 Å². The molecule has 7 atom stereocenters. The van der Waals surface area contributed by atoms with Gasteiger partial charge in [0.25, 0.3) is 0 Å². The molecule has 0 aromatic heterocycles. The van der Waals surface area contributed by atoms with Crippen molar-refractivity contribution in [3.05, 3.63) is 0 Å². The highest BCUT2D eigenvalue weighted by Gasteiger charge is 2.51. The average Bonchev–Trinajstić information content (AvgIpc) is 2.26. The molecule has 108 valence electrons. The molecular weight excluding hydrogens is 330 g/mol. The van der Waals surface area contributed by atoms with Gasteiger partial charge in [0.15, 0.2) is 0 Å². The van der Waals surface area contributed by atoms with Crippen LogP contribution >= 0.6 is 26.1 Å². The number of halogens is 1. The van der Waals surface area contributed by atoms with Gasteiger partial charge in [0.05, 0.1) is 0 Å². The van der Waals surface area contributed by atoms with E-state index in [1.165, 1.54) is 0 Å². The second-order valence-corrected chi connectivity index (χ2v) is 7.15. The summed E-state index contributed by atoms with van der Waals surface area (Å²) in [4.78, 5) is 17.9. The van der Waals surface area contributed by atoms with Crippen LogP contribution < -0.4 is 0 Å². The molecule has 0 aromatic rings. The van der Waals surface area contributed by atoms with E-state index in [0.717, 1.165) is 0 Å². The minimum atomic E-state index is -4.17. The van der Waals surface area contributed by atoms with E-state index in [1.54, 1.807) is 0 Å². The molecule has 0 bridgehead atoms. The first-order valence-corrected chi connectivity index (χ1v) is 9.21. The number of aliphatic hydroxyl groups excluding tert-OH is 4. The van der Waals surface area contributed by atoms with Gasteiger partial charge in [-0.2, -0.15) is 0 Å². The van der Waals surface area contributed by atoms with Crippen LogP contribution in [-0.2, 0) is 20.9 Å². The fourth-order valence-electron chi connectivity index (χ4n) is 1.66. The third-order valence-corrected chi connectivity index (χ3v) is 3.89. The lowest BCUT2D eigenvalue weighted by molar-refractivity contribution is -0.209. The average molecular weight is 343 g/mol. The van der Waals surface area contributed by atoms with Crippen LogP contribution in [0.25, 0.3) is 0 Å². The summed E-state index contributed by atoms with van der Waals surface area (Å²) in [7, 11) is -0.601. The summed E-state index contributed by atoms with van der Waals surface area (Å²) >= 11 is 9.49. The summed E-state index contributed by atoms with van der Waals surface area (Å²) in [6.45, 7) is -4.17. The summed E-state index contributed by atoms with van der Waals surface area (Å²) in [5, 5.41) is 38.7. The topological polar surface area (TPSA) is 140 Å². The Morgan fingerprint density at radius 1 is 0.944 bits per heavy atom. The molecule has 1 saturated carbocycles. The number of rotatable bonds is 4. The largest absolute Gasteiger partial charge is 0.387 e. The molecular formula is C6H13ClO8P2S. The highest BCUT2D eigenvalue weighted by Crippen LogP contribution is 2.42. The normalized spacial score (nSPS) is 42.6. The second kappa shape index (κ2) is 6.67. The summed E-state index contributed by atoms with van der Waals surface area (Å²) in [6.07, 6.45) is -9.65. The minimum Gasteiger partial charge on any atom is -0.387 e. The van der Waals surface area contributed by atoms with Crippen LogP contribution in [0, 0.1) is 0 Å². The Morgan fingerprint density at radius 2 is 1.33 bits per heavy atom. The molecule has 1 rings (SSSR count). The standard InChI is InChI=1S/C6H13ClO8P2S/c7-16-14-5-1(8)3(10)6(4(11)2(5)9)15-17(12,13)18/h1-6,8-11,16H,(H2,12,13,18)/t1-,2-,3-,4+,5?,6?/m1/s1. The van der Waals surface area contributed by atoms with Crippen molar-refractivity contribution in [3.8, 4) is 0 Å². The lowest BCUT2D eigenvalue weighted by Gasteiger charge is -2.43. The van der Waals surface area contributed by atoms with Crippen LogP contribution in [-0.4, -0.2) is 66.8 Å². The molecule has 1 aliphatic carbocycles. The van der Waals surface area contributed by atoms with Gasteiger partial charge in [-0.1, -0.05) is 11.2 Å². The zero-order valence-electron chi connectivity index (χ0n) is 8.70. The van der Waals surface area contributed by atoms with E-state index in [1.807, 2.05) is 0 Å². The van der Waals surface area contributed by atoms with Crippen molar-refractivity contribution in [1.82, 2.24) is 0 Å². The van der Waals surface area contributed by atoms with Gasteiger partial charge in [0, 0.05) is 0 Å². The van der Waals surface area contributed by atoms with E-state index in [4.69, 9.17) is 25.6 Å². The van der Waals surface area contributed by atoms with Gasteiger partial charge < -0.3 is 34.7 Å². The van der Waals surface area contributed by atoms with Crippen molar-refractivity contribution >= 4 is 37.9 Å². The van der Waals surface area contributed by atoms with E-state index in [-0.39, 0.29) is 0 Å². The molecule has 1 aliphatic rings. The smallest absolute Gasteiger partial charge is 0.322 e. The maximum Gasteiger partial charge on any atom is 0.322 e. The predicted octanol–water partition coefficient (Wildman–Crippen LogP) is -1.83. The number of hydrogen-bond acceptors (Lipinski definition) is 7. The summed E-state index contributed by atoms with van der Waals surface area (Å²) in [5.41, 5.74) is 0. The molecule has 0 aromatic carbocycles. The van der Waals surface area contributed by atoms with E-state index in [9.17, 15) is 20.4 Å². The van der Waals surface area contributed by atoms with Crippen molar-refractivity contribution in [2.45, 2.75) is 36.6 Å². The molecule has 0 heterocycles. The SMILES string of the molecule is O[C@@H]1C(OP(O)(O)=S)[C@H](O)[C@@H](O)C(OPCl)[C@@H]1O. The zero-order valence-corrected chi connectivity index (χ0v) is 12.2. The Labute approximate surface area is 114 Å². The lowest BCUT2D eigenvalue weighted by Crippen LogP contribution is -2.64. The van der Waals surface area contributed by atoms with Crippen LogP contribution in [0.5, 0.6) is 0 Å². The Morgan fingerprint density at radius 3 is 1.67 bits per heavy atom. The van der Waals surface area contributed by atoms with Gasteiger partial charge in [0.2, 0.25) is 0 Å². The molecule has 6 N–H and O–H groups in total. The predicted molar refractivity (Wildman–Crippen MR) is 66.7 cm³/mol. The quantitative estimate of drug-likeness (QED) is 0.325. The molecule has 1 fully saturated rings. The fourth-order valence-corrected chi connectivity index (χ4v) is 3.21. The molecule has 0 saturated heterocycles. The summed E-state index contributed by atoms with van der Waals surface area (Å²) < 4.78 is 9.30. The van der Waals surface area contributed by atoms with Gasteiger partial charge in [-0.25, -0.2) is 0 Å². The van der Waals surface area contributed by atoms with Gasteiger partial charge in [-0.15, -0.1) is 0 Å². The van der Waals surface area contributed by atoms with Crippen LogP contribution in [0.3, 0.4) is 0 Å². The first kappa shape index (κ1) is 17.1. The Kier molecular flexibility index (Phi) is 6.34. The molecule has 12 heteroatoms. The minimum absolute atomic E-state index is 0.601. The van der Waals surface area contributed by atoms with Crippen molar-refractivity contribution in [2.24, 2.45) is 0 Å². The number of hydrogen-bond donors (Lipinski definition) is 6. The van der Waals surface area contributed by atoms with Crippen molar-refractivity contribution in [2.75, 3.05) is 0 Å². The highest BCUT2D eigenvalue weighted by atomic mass is 35.7. The Balaban J connectivity index is 2.87. The van der Waals surface area contributed by atoms with Gasteiger partial charge in [-0.3, -0.25) is 4.52 Å². The molecule has 18 heavy (non-hydrogen) atoms. The van der Waals surface area contributed by atoms with Crippen molar-refractivity contribution in [1.29, 1.82) is 0 Å². The second-order valence-electron chi connectivity index (χ2n) is 3.68. The number of aliphatic hydroxyl groups is 4. The maximum atomic E-state index is 9.67. The van der Waals surface area contributed by atoms with E-state index in [0.29, 0.717) is 0 Å². The summed E-state index contributed by atoms with van der Waals surface area (Å²) in [5.74, 6) is 0. The molecule has 0 spiro atoms. The van der Waals surface area contributed by atoms with Crippen LogP contribution in [0.4, 0.5) is 0 Å². The third kappa shape index (κ3) is 4.02. The Hall–Kier alpha value is 1.05. The maximum absolute atomic E-state index is 9.67. The van der Waals surface area contributed by atoms with Gasteiger partial charge >= 0.3 is 6.72 Å². The third-order valence-electron chi connectivity index (χ3n) is 2.49. The van der Waals surface area contributed by atoms with E-state index in [2.05, 4.69) is 16.3 Å². The van der Waals surface area contributed by atoms with Gasteiger partial charge in [-0.05, 0) is 11.8 Å². The van der Waals surface area contributed by atoms with Crippen LogP contribution in [0.15, 0.2) is 0 Å². The first-order valence-electron chi connectivity index (χ1n) is 4.66. The molecule has 0 amide bonds. The van der Waals surface area contributed by atoms with E-state index >= 15 is 0 Å². The lowest BCUT2D eigenvalue weighted by atomic mass is 9.85. The zero-order chi connectivity index (χ0) is 14.1. The molecule has 8 nitrogen and oxygen atoms in total. The molecule has 3 unspecified atom stereocenters. The molecule has 0 aliphatic heterocycles. The van der Waals surface area contributed by atoms with Crippen LogP contribution in [0.2, 0.25) is 0 Å². The fraction of sp³-hybridized carbons (Fsp3) is 1.00. The Bertz CT molecular complexity index is 313. The monoisotopic (exact) mass is 342 g/mol. The van der Waals surface area contributed by atoms with Gasteiger partial charge in [0.1, 0.15) is 44.8 Å². The summed E-state index contributed by atoms with van der Waals surface area (Å²) in [6, 6.07) is 0. The van der Waals surface area contributed by atoms with Crippen LogP contribution in [0.1, 0.15) is 0 Å². The highest BCUT2D eigenvalue weighted by molar-refractivity contribution is 8.06. The molecule has 0 radical (unpaired) electrons.